The number of nitrogens with zero attached hydrogens (tertiary/aromatic N) is 2. The number of ether oxygens (including phenoxy) is 1. The highest BCUT2D eigenvalue weighted by molar-refractivity contribution is 5.86. The maximum atomic E-state index is 12.8. The number of morpholine rings is 1. The van der Waals surface area contributed by atoms with Crippen LogP contribution >= 0.6 is 0 Å². The molecule has 0 spiro atoms. The van der Waals surface area contributed by atoms with Gasteiger partial charge in [-0.15, -0.1) is 0 Å². The lowest BCUT2D eigenvalue weighted by atomic mass is 9.88. The molecule has 2 aliphatic rings. The van der Waals surface area contributed by atoms with Crippen molar-refractivity contribution in [1.29, 1.82) is 0 Å². The minimum atomic E-state index is -1.08. The molecule has 0 saturated carbocycles. The number of likely N-dealkylation sites (tertiary alicyclic amines) is 1. The molecule has 20 heavy (non-hydrogen) atoms. The third kappa shape index (κ3) is 2.61. The van der Waals surface area contributed by atoms with E-state index in [1.165, 1.54) is 0 Å². The lowest BCUT2D eigenvalue weighted by molar-refractivity contribution is -0.151. The maximum absolute atomic E-state index is 12.8. The Morgan fingerprint density at radius 2 is 2.10 bits per heavy atom. The molecule has 6 nitrogen and oxygen atoms in total. The summed E-state index contributed by atoms with van der Waals surface area (Å²) in [7, 11) is 0. The Hall–Kier alpha value is -1.30. The summed E-state index contributed by atoms with van der Waals surface area (Å²) >= 11 is 0. The molecule has 2 amide bonds. The lowest BCUT2D eigenvalue weighted by Gasteiger charge is -2.46. The maximum Gasteiger partial charge on any atom is 0.329 e. The van der Waals surface area contributed by atoms with E-state index in [-0.39, 0.29) is 12.1 Å². The van der Waals surface area contributed by atoms with Crippen molar-refractivity contribution in [2.75, 3.05) is 26.3 Å². The van der Waals surface area contributed by atoms with Gasteiger partial charge in [0.15, 0.2) is 0 Å². The molecule has 0 aromatic rings. The van der Waals surface area contributed by atoms with Gasteiger partial charge in [0.2, 0.25) is 0 Å². The van der Waals surface area contributed by atoms with E-state index < -0.39 is 11.5 Å². The number of hydrogen-bond acceptors (Lipinski definition) is 3. The summed E-state index contributed by atoms with van der Waals surface area (Å²) in [6.45, 7) is 5.82. The Bertz CT molecular complexity index is 387. The highest BCUT2D eigenvalue weighted by Gasteiger charge is 2.46. The molecule has 0 aromatic carbocycles. The van der Waals surface area contributed by atoms with Crippen molar-refractivity contribution in [2.45, 2.75) is 51.1 Å². The SMILES string of the molecule is CCC1COCCN1C(=O)N1CCCCC1(C)C(=O)O. The predicted octanol–water partition coefficient (Wildman–Crippen LogP) is 1.55. The van der Waals surface area contributed by atoms with Gasteiger partial charge in [0.1, 0.15) is 5.54 Å². The number of carbonyl (C=O) groups excluding carboxylic acids is 1. The van der Waals surface area contributed by atoms with Crippen molar-refractivity contribution < 1.29 is 19.4 Å². The fourth-order valence-electron chi connectivity index (χ4n) is 3.05. The number of rotatable bonds is 2. The van der Waals surface area contributed by atoms with Crippen LogP contribution in [-0.4, -0.2) is 64.8 Å². The molecule has 2 heterocycles. The zero-order valence-corrected chi connectivity index (χ0v) is 12.3. The molecule has 2 saturated heterocycles. The first-order chi connectivity index (χ1) is 9.50. The van der Waals surface area contributed by atoms with E-state index in [1.807, 2.05) is 6.92 Å². The van der Waals surface area contributed by atoms with Gasteiger partial charge >= 0.3 is 12.0 Å². The number of carboxylic acids is 1. The fraction of sp³-hybridized carbons (Fsp3) is 0.857. The Morgan fingerprint density at radius 1 is 1.35 bits per heavy atom. The van der Waals surface area contributed by atoms with Crippen molar-refractivity contribution in [3.8, 4) is 0 Å². The van der Waals surface area contributed by atoms with Gasteiger partial charge in [-0.25, -0.2) is 9.59 Å². The van der Waals surface area contributed by atoms with Gasteiger partial charge in [-0.05, 0) is 32.6 Å². The molecule has 114 valence electrons. The van der Waals surface area contributed by atoms with Crippen LogP contribution in [-0.2, 0) is 9.53 Å². The topological polar surface area (TPSA) is 70.1 Å². The van der Waals surface area contributed by atoms with Crippen molar-refractivity contribution in [3.05, 3.63) is 0 Å². The van der Waals surface area contributed by atoms with E-state index in [0.717, 1.165) is 19.3 Å². The van der Waals surface area contributed by atoms with Gasteiger partial charge < -0.3 is 19.6 Å². The molecule has 0 aliphatic carbocycles. The van der Waals surface area contributed by atoms with Crippen LogP contribution in [0.2, 0.25) is 0 Å². The zero-order valence-electron chi connectivity index (χ0n) is 12.3. The van der Waals surface area contributed by atoms with E-state index in [4.69, 9.17) is 4.74 Å². The molecule has 0 radical (unpaired) electrons. The molecule has 1 N–H and O–H groups in total. The van der Waals surface area contributed by atoms with E-state index >= 15 is 0 Å². The van der Waals surface area contributed by atoms with E-state index in [1.54, 1.807) is 16.7 Å². The summed E-state index contributed by atoms with van der Waals surface area (Å²) in [4.78, 5) is 27.7. The second-order valence-electron chi connectivity index (χ2n) is 5.80. The molecule has 2 rings (SSSR count). The van der Waals surface area contributed by atoms with Gasteiger partial charge in [0.25, 0.3) is 0 Å². The molecule has 2 atom stereocenters. The summed E-state index contributed by atoms with van der Waals surface area (Å²) in [5, 5.41) is 9.50. The minimum Gasteiger partial charge on any atom is -0.480 e. The molecule has 2 aliphatic heterocycles. The number of aliphatic carboxylic acids is 1. The van der Waals surface area contributed by atoms with Gasteiger partial charge in [-0.2, -0.15) is 0 Å². The predicted molar refractivity (Wildman–Crippen MR) is 73.6 cm³/mol. The summed E-state index contributed by atoms with van der Waals surface area (Å²) in [6.07, 6.45) is 3.07. The second-order valence-corrected chi connectivity index (χ2v) is 5.80. The minimum absolute atomic E-state index is 0.0521. The Balaban J connectivity index is 2.19. The Labute approximate surface area is 119 Å². The fourth-order valence-corrected chi connectivity index (χ4v) is 3.05. The van der Waals surface area contributed by atoms with E-state index in [9.17, 15) is 14.7 Å². The molecule has 2 fully saturated rings. The lowest BCUT2D eigenvalue weighted by Crippen LogP contribution is -2.63. The van der Waals surface area contributed by atoms with E-state index in [2.05, 4.69) is 0 Å². The average molecular weight is 284 g/mol. The first-order valence-corrected chi connectivity index (χ1v) is 7.40. The summed E-state index contributed by atoms with van der Waals surface area (Å²) in [6, 6.07) is -0.0963. The third-order valence-corrected chi connectivity index (χ3v) is 4.53. The third-order valence-electron chi connectivity index (χ3n) is 4.53. The number of hydrogen-bond donors (Lipinski definition) is 1. The molecule has 0 aromatic heterocycles. The van der Waals surface area contributed by atoms with Crippen LogP contribution in [0.4, 0.5) is 4.79 Å². The largest absolute Gasteiger partial charge is 0.480 e. The van der Waals surface area contributed by atoms with Crippen LogP contribution in [0.25, 0.3) is 0 Å². The first kappa shape index (κ1) is 15.1. The van der Waals surface area contributed by atoms with Gasteiger partial charge in [0, 0.05) is 13.1 Å². The molecular weight excluding hydrogens is 260 g/mol. The molecule has 6 heteroatoms. The molecule has 2 unspecified atom stereocenters. The monoisotopic (exact) mass is 284 g/mol. The van der Waals surface area contributed by atoms with Crippen LogP contribution in [0.3, 0.4) is 0 Å². The Kier molecular flexibility index (Phi) is 4.52. The summed E-state index contributed by atoms with van der Waals surface area (Å²) in [5.41, 5.74) is -1.08. The van der Waals surface area contributed by atoms with Gasteiger partial charge in [-0.1, -0.05) is 6.92 Å². The Morgan fingerprint density at radius 3 is 2.75 bits per heavy atom. The summed E-state index contributed by atoms with van der Waals surface area (Å²) < 4.78 is 5.41. The van der Waals surface area contributed by atoms with Crippen LogP contribution < -0.4 is 0 Å². The van der Waals surface area contributed by atoms with Crippen LogP contribution in [0.15, 0.2) is 0 Å². The van der Waals surface area contributed by atoms with Gasteiger partial charge in [-0.3, -0.25) is 0 Å². The van der Waals surface area contributed by atoms with Crippen LogP contribution in [0, 0.1) is 0 Å². The number of carbonyl (C=O) groups is 2. The molecule has 0 bridgehead atoms. The highest BCUT2D eigenvalue weighted by Crippen LogP contribution is 2.30. The number of urea groups is 1. The molecular formula is C14H24N2O4. The number of amides is 2. The van der Waals surface area contributed by atoms with Crippen molar-refractivity contribution in [3.63, 3.8) is 0 Å². The van der Waals surface area contributed by atoms with Crippen LogP contribution in [0.1, 0.15) is 39.5 Å². The van der Waals surface area contributed by atoms with Gasteiger partial charge in [0.05, 0.1) is 19.3 Å². The first-order valence-electron chi connectivity index (χ1n) is 7.40. The van der Waals surface area contributed by atoms with Crippen LogP contribution in [0.5, 0.6) is 0 Å². The second kappa shape index (κ2) is 5.99. The number of piperidine rings is 1. The van der Waals surface area contributed by atoms with E-state index in [0.29, 0.717) is 32.7 Å². The summed E-state index contributed by atoms with van der Waals surface area (Å²) in [5.74, 6) is -0.910. The van der Waals surface area contributed by atoms with Crippen molar-refractivity contribution >= 4 is 12.0 Å². The number of carboxylic acid groups (broad SMARTS) is 1. The van der Waals surface area contributed by atoms with Crippen molar-refractivity contribution in [2.24, 2.45) is 0 Å². The quantitative estimate of drug-likeness (QED) is 0.835. The smallest absolute Gasteiger partial charge is 0.329 e. The highest BCUT2D eigenvalue weighted by atomic mass is 16.5. The standard InChI is InChI=1S/C14H24N2O4/c1-3-11-10-20-9-8-15(11)13(19)16-7-5-4-6-14(16,2)12(17)18/h11H,3-10H2,1-2H3,(H,17,18). The zero-order chi connectivity index (χ0) is 14.8. The van der Waals surface area contributed by atoms with Crippen molar-refractivity contribution in [1.82, 2.24) is 9.80 Å². The average Bonchev–Trinajstić information content (AvgIpc) is 2.47. The normalized spacial score (nSPS) is 31.2.